The van der Waals surface area contributed by atoms with Gasteiger partial charge in [0, 0.05) is 17.6 Å². The van der Waals surface area contributed by atoms with Crippen LogP contribution in [0.1, 0.15) is 17.2 Å². The van der Waals surface area contributed by atoms with Crippen molar-refractivity contribution in [1.82, 2.24) is 5.32 Å². The molecule has 0 spiro atoms. The number of aryl methyl sites for hydroxylation is 1. The van der Waals surface area contributed by atoms with E-state index in [1.54, 1.807) is 12.1 Å². The minimum atomic E-state index is -2.37. The number of hydrogen-bond acceptors (Lipinski definition) is 2. The van der Waals surface area contributed by atoms with Crippen molar-refractivity contribution in [2.45, 2.75) is 19.4 Å². The van der Waals surface area contributed by atoms with Crippen molar-refractivity contribution in [3.05, 3.63) is 34.3 Å². The Kier molecular flexibility index (Phi) is 5.12. The van der Waals surface area contributed by atoms with Crippen molar-refractivity contribution < 1.29 is 8.78 Å². The Balaban J connectivity index is 2.78. The molecule has 0 radical (unpaired) electrons. The summed E-state index contributed by atoms with van der Waals surface area (Å²) in [7, 11) is 0. The Hall–Kier alpha value is -0.710. The van der Waals surface area contributed by atoms with Gasteiger partial charge >= 0.3 is 0 Å². The maximum Gasteiger partial charge on any atom is 0.250 e. The SMILES string of the molecule is Cc1cc(Cl)ccc1C(CN)NCC(F)F. The molecule has 0 aromatic heterocycles. The Morgan fingerprint density at radius 1 is 1.44 bits per heavy atom. The fourth-order valence-corrected chi connectivity index (χ4v) is 1.81. The molecule has 0 heterocycles. The third-order valence-corrected chi connectivity index (χ3v) is 2.60. The lowest BCUT2D eigenvalue weighted by Crippen LogP contribution is -2.32. The van der Waals surface area contributed by atoms with Gasteiger partial charge in [-0.1, -0.05) is 17.7 Å². The second-order valence-electron chi connectivity index (χ2n) is 3.59. The van der Waals surface area contributed by atoms with Gasteiger partial charge in [-0.15, -0.1) is 0 Å². The molecule has 3 N–H and O–H groups in total. The van der Waals surface area contributed by atoms with Crippen LogP contribution in [-0.2, 0) is 0 Å². The van der Waals surface area contributed by atoms with E-state index < -0.39 is 6.43 Å². The van der Waals surface area contributed by atoms with Gasteiger partial charge in [0.2, 0.25) is 0 Å². The molecule has 0 bridgehead atoms. The van der Waals surface area contributed by atoms with Gasteiger partial charge in [0.1, 0.15) is 0 Å². The summed E-state index contributed by atoms with van der Waals surface area (Å²) >= 11 is 5.82. The largest absolute Gasteiger partial charge is 0.329 e. The Morgan fingerprint density at radius 2 is 2.12 bits per heavy atom. The zero-order chi connectivity index (χ0) is 12.1. The molecule has 0 saturated heterocycles. The van der Waals surface area contributed by atoms with Gasteiger partial charge in [0.25, 0.3) is 6.43 Å². The number of hydrogen-bond donors (Lipinski definition) is 2. The fraction of sp³-hybridized carbons (Fsp3) is 0.455. The summed E-state index contributed by atoms with van der Waals surface area (Å²) in [6.07, 6.45) is -2.37. The molecule has 1 aromatic rings. The zero-order valence-electron chi connectivity index (χ0n) is 9.01. The van der Waals surface area contributed by atoms with Crippen molar-refractivity contribution in [2.24, 2.45) is 5.73 Å². The van der Waals surface area contributed by atoms with Crippen LogP contribution >= 0.6 is 11.6 Å². The zero-order valence-corrected chi connectivity index (χ0v) is 9.77. The molecule has 0 amide bonds. The average molecular weight is 249 g/mol. The van der Waals surface area contributed by atoms with Crippen LogP contribution in [0, 0.1) is 6.92 Å². The number of halogens is 3. The van der Waals surface area contributed by atoms with Crippen LogP contribution < -0.4 is 11.1 Å². The molecule has 0 aliphatic carbocycles. The van der Waals surface area contributed by atoms with Gasteiger partial charge in [0.15, 0.2) is 0 Å². The van der Waals surface area contributed by atoms with E-state index in [2.05, 4.69) is 5.32 Å². The molecule has 2 nitrogen and oxygen atoms in total. The molecular weight excluding hydrogens is 234 g/mol. The van der Waals surface area contributed by atoms with E-state index in [1.807, 2.05) is 13.0 Å². The van der Waals surface area contributed by atoms with Crippen LogP contribution in [0.3, 0.4) is 0 Å². The molecule has 1 atom stereocenters. The number of nitrogens with two attached hydrogens (primary N) is 1. The number of nitrogens with one attached hydrogen (secondary N) is 1. The lowest BCUT2D eigenvalue weighted by molar-refractivity contribution is 0.141. The molecule has 16 heavy (non-hydrogen) atoms. The second kappa shape index (κ2) is 6.13. The predicted octanol–water partition coefficient (Wildman–Crippen LogP) is 2.50. The van der Waals surface area contributed by atoms with Crippen molar-refractivity contribution in [3.63, 3.8) is 0 Å². The molecule has 5 heteroatoms. The van der Waals surface area contributed by atoms with Crippen LogP contribution in [0.2, 0.25) is 5.02 Å². The van der Waals surface area contributed by atoms with Gasteiger partial charge in [-0.3, -0.25) is 0 Å². The van der Waals surface area contributed by atoms with E-state index in [-0.39, 0.29) is 19.1 Å². The standard InChI is InChI=1S/C11H15ClF2N2/c1-7-4-8(12)2-3-9(7)10(5-15)16-6-11(13)14/h2-4,10-11,16H,5-6,15H2,1H3. The number of alkyl halides is 2. The fourth-order valence-electron chi connectivity index (χ4n) is 1.58. The molecule has 0 saturated carbocycles. The first-order valence-corrected chi connectivity index (χ1v) is 5.40. The molecule has 90 valence electrons. The maximum absolute atomic E-state index is 12.1. The molecule has 1 unspecified atom stereocenters. The highest BCUT2D eigenvalue weighted by Gasteiger charge is 2.13. The maximum atomic E-state index is 12.1. The van der Waals surface area contributed by atoms with E-state index in [9.17, 15) is 8.78 Å². The molecule has 0 fully saturated rings. The molecule has 0 aliphatic heterocycles. The highest BCUT2D eigenvalue weighted by molar-refractivity contribution is 6.30. The highest BCUT2D eigenvalue weighted by Crippen LogP contribution is 2.20. The first-order valence-electron chi connectivity index (χ1n) is 5.02. The predicted molar refractivity (Wildman–Crippen MR) is 62.0 cm³/mol. The van der Waals surface area contributed by atoms with E-state index in [4.69, 9.17) is 17.3 Å². The summed E-state index contributed by atoms with van der Waals surface area (Å²) in [5, 5.41) is 3.36. The average Bonchev–Trinajstić information content (AvgIpc) is 2.21. The van der Waals surface area contributed by atoms with Crippen LogP contribution in [-0.4, -0.2) is 19.5 Å². The van der Waals surface area contributed by atoms with Gasteiger partial charge < -0.3 is 11.1 Å². The molecule has 1 aromatic carbocycles. The minimum absolute atomic E-state index is 0.258. The Bertz CT molecular complexity index is 345. The Labute approximate surface area is 98.8 Å². The molecular formula is C11H15ClF2N2. The minimum Gasteiger partial charge on any atom is -0.329 e. The summed E-state index contributed by atoms with van der Waals surface area (Å²) in [4.78, 5) is 0. The molecule has 0 aliphatic rings. The molecule has 1 rings (SSSR count). The van der Waals surface area contributed by atoms with Crippen LogP contribution in [0.25, 0.3) is 0 Å². The van der Waals surface area contributed by atoms with Crippen LogP contribution in [0.15, 0.2) is 18.2 Å². The van der Waals surface area contributed by atoms with E-state index in [1.165, 1.54) is 0 Å². The van der Waals surface area contributed by atoms with Gasteiger partial charge in [-0.25, -0.2) is 8.78 Å². The van der Waals surface area contributed by atoms with Gasteiger partial charge in [-0.05, 0) is 30.2 Å². The normalized spacial score (nSPS) is 13.1. The van der Waals surface area contributed by atoms with E-state index in [0.29, 0.717) is 5.02 Å². The van der Waals surface area contributed by atoms with Crippen LogP contribution in [0.4, 0.5) is 8.78 Å². The Morgan fingerprint density at radius 3 is 2.62 bits per heavy atom. The van der Waals surface area contributed by atoms with Gasteiger partial charge in [0.05, 0.1) is 6.54 Å². The van der Waals surface area contributed by atoms with Crippen molar-refractivity contribution in [2.75, 3.05) is 13.1 Å². The summed E-state index contributed by atoms with van der Waals surface area (Å²) in [6, 6.07) is 5.08. The monoisotopic (exact) mass is 248 g/mol. The first-order chi connectivity index (χ1) is 7.54. The third-order valence-electron chi connectivity index (χ3n) is 2.36. The quantitative estimate of drug-likeness (QED) is 0.840. The van der Waals surface area contributed by atoms with Gasteiger partial charge in [-0.2, -0.15) is 0 Å². The lowest BCUT2D eigenvalue weighted by atomic mass is 10.0. The van der Waals surface area contributed by atoms with Crippen molar-refractivity contribution in [3.8, 4) is 0 Å². The topological polar surface area (TPSA) is 38.0 Å². The second-order valence-corrected chi connectivity index (χ2v) is 4.02. The third kappa shape index (κ3) is 3.70. The lowest BCUT2D eigenvalue weighted by Gasteiger charge is -2.19. The van der Waals surface area contributed by atoms with Crippen molar-refractivity contribution >= 4 is 11.6 Å². The van der Waals surface area contributed by atoms with E-state index >= 15 is 0 Å². The first kappa shape index (κ1) is 13.4. The van der Waals surface area contributed by atoms with Crippen molar-refractivity contribution in [1.29, 1.82) is 0 Å². The summed E-state index contributed by atoms with van der Waals surface area (Å²) in [5.74, 6) is 0. The van der Waals surface area contributed by atoms with Crippen LogP contribution in [0.5, 0.6) is 0 Å². The number of rotatable bonds is 5. The number of benzene rings is 1. The summed E-state index contributed by atoms with van der Waals surface area (Å²) in [5.41, 5.74) is 7.42. The van der Waals surface area contributed by atoms with E-state index in [0.717, 1.165) is 11.1 Å². The summed E-state index contributed by atoms with van der Waals surface area (Å²) < 4.78 is 24.2. The highest BCUT2D eigenvalue weighted by atomic mass is 35.5. The smallest absolute Gasteiger partial charge is 0.250 e. The summed E-state index contributed by atoms with van der Waals surface area (Å²) in [6.45, 7) is 1.80.